The summed E-state index contributed by atoms with van der Waals surface area (Å²) in [6, 6.07) is 14.5. The van der Waals surface area contributed by atoms with E-state index in [1.807, 2.05) is 38.1 Å². The zero-order valence-electron chi connectivity index (χ0n) is 14.1. The Kier molecular flexibility index (Phi) is 5.62. The van der Waals surface area contributed by atoms with Gasteiger partial charge in [-0.15, -0.1) is 0 Å². The quantitative estimate of drug-likeness (QED) is 0.874. The Morgan fingerprint density at radius 1 is 0.958 bits per heavy atom. The zero-order valence-corrected chi connectivity index (χ0v) is 14.9. The molecule has 0 aliphatic rings. The Labute approximate surface area is 143 Å². The molecule has 0 heterocycles. The van der Waals surface area contributed by atoms with Crippen molar-refractivity contribution in [2.24, 2.45) is 0 Å². The molecule has 24 heavy (non-hydrogen) atoms. The van der Waals surface area contributed by atoms with Gasteiger partial charge in [-0.3, -0.25) is 9.10 Å². The van der Waals surface area contributed by atoms with Gasteiger partial charge < -0.3 is 5.32 Å². The molecule has 0 atom stereocenters. The number of hydrogen-bond donors (Lipinski definition) is 1. The number of carbonyl (C=O) groups is 1. The lowest BCUT2D eigenvalue weighted by Gasteiger charge is -2.22. The predicted octanol–water partition coefficient (Wildman–Crippen LogP) is 2.50. The number of nitrogens with zero attached hydrogens (tertiary/aromatic N) is 1. The summed E-state index contributed by atoms with van der Waals surface area (Å²) in [5.41, 5.74) is 3.28. The van der Waals surface area contributed by atoms with Gasteiger partial charge >= 0.3 is 0 Å². The van der Waals surface area contributed by atoms with Crippen LogP contribution in [-0.4, -0.2) is 33.7 Å². The van der Waals surface area contributed by atoms with E-state index < -0.39 is 10.0 Å². The maximum absolute atomic E-state index is 12.1. The van der Waals surface area contributed by atoms with Gasteiger partial charge in [0.25, 0.3) is 5.91 Å². The smallest absolute Gasteiger partial charge is 0.251 e. The highest BCUT2D eigenvalue weighted by molar-refractivity contribution is 7.92. The van der Waals surface area contributed by atoms with E-state index in [9.17, 15) is 13.2 Å². The molecule has 0 fully saturated rings. The molecule has 2 aromatic carbocycles. The molecule has 0 unspecified atom stereocenters. The van der Waals surface area contributed by atoms with E-state index in [1.54, 1.807) is 24.3 Å². The molecule has 1 N–H and O–H groups in total. The minimum absolute atomic E-state index is 0.180. The van der Waals surface area contributed by atoms with E-state index in [-0.39, 0.29) is 19.0 Å². The van der Waals surface area contributed by atoms with Crippen LogP contribution in [0.5, 0.6) is 0 Å². The van der Waals surface area contributed by atoms with Gasteiger partial charge in [0.15, 0.2) is 0 Å². The van der Waals surface area contributed by atoms with Crippen molar-refractivity contribution in [2.45, 2.75) is 13.8 Å². The second kappa shape index (κ2) is 7.49. The van der Waals surface area contributed by atoms with Crippen LogP contribution in [0.3, 0.4) is 0 Å². The van der Waals surface area contributed by atoms with E-state index in [0.29, 0.717) is 11.3 Å². The summed E-state index contributed by atoms with van der Waals surface area (Å²) < 4.78 is 25.3. The highest BCUT2D eigenvalue weighted by Crippen LogP contribution is 2.17. The molecular weight excluding hydrogens is 324 g/mol. The van der Waals surface area contributed by atoms with Crippen molar-refractivity contribution < 1.29 is 13.2 Å². The van der Waals surface area contributed by atoms with E-state index >= 15 is 0 Å². The third kappa shape index (κ3) is 4.83. The van der Waals surface area contributed by atoms with Crippen molar-refractivity contribution in [2.75, 3.05) is 23.7 Å². The molecule has 0 radical (unpaired) electrons. The van der Waals surface area contributed by atoms with Gasteiger partial charge in [-0.1, -0.05) is 35.4 Å². The van der Waals surface area contributed by atoms with E-state index in [2.05, 4.69) is 5.32 Å². The van der Waals surface area contributed by atoms with E-state index in [1.165, 1.54) is 4.31 Å². The van der Waals surface area contributed by atoms with Gasteiger partial charge in [0.05, 0.1) is 18.5 Å². The van der Waals surface area contributed by atoms with Gasteiger partial charge in [0, 0.05) is 12.1 Å². The second-order valence-corrected chi connectivity index (χ2v) is 7.70. The number of sulfonamides is 1. The molecule has 0 bridgehead atoms. The van der Waals surface area contributed by atoms with Crippen molar-refractivity contribution in [3.05, 3.63) is 65.2 Å². The van der Waals surface area contributed by atoms with Crippen LogP contribution in [0.4, 0.5) is 5.69 Å². The van der Waals surface area contributed by atoms with Crippen LogP contribution in [0.25, 0.3) is 0 Å². The Balaban J connectivity index is 2.02. The van der Waals surface area contributed by atoms with Crippen LogP contribution in [-0.2, 0) is 10.0 Å². The number of carbonyl (C=O) groups excluding carboxylic acids is 1. The first-order valence-corrected chi connectivity index (χ1v) is 9.51. The first kappa shape index (κ1) is 18.0. The highest BCUT2D eigenvalue weighted by atomic mass is 32.2. The van der Waals surface area contributed by atoms with Crippen LogP contribution in [0, 0.1) is 13.8 Å². The molecule has 2 rings (SSSR count). The summed E-state index contributed by atoms with van der Waals surface area (Å²) in [4.78, 5) is 12.1. The lowest BCUT2D eigenvalue weighted by Crippen LogP contribution is -2.38. The lowest BCUT2D eigenvalue weighted by atomic mass is 10.1. The van der Waals surface area contributed by atoms with Crippen LogP contribution >= 0.6 is 0 Å². The molecule has 0 aromatic heterocycles. The van der Waals surface area contributed by atoms with Crippen molar-refractivity contribution in [3.8, 4) is 0 Å². The Hall–Kier alpha value is -2.34. The molecule has 2 aromatic rings. The monoisotopic (exact) mass is 346 g/mol. The zero-order chi connectivity index (χ0) is 17.7. The van der Waals surface area contributed by atoms with Gasteiger partial charge in [0.2, 0.25) is 10.0 Å². The fourth-order valence-electron chi connectivity index (χ4n) is 2.28. The number of rotatable bonds is 6. The normalized spacial score (nSPS) is 11.1. The first-order chi connectivity index (χ1) is 11.3. The predicted molar refractivity (Wildman–Crippen MR) is 96.9 cm³/mol. The number of amides is 1. The topological polar surface area (TPSA) is 66.5 Å². The number of anilines is 1. The standard InChI is InChI=1S/C18H22N2O3S/c1-14-4-8-16(9-5-14)18(21)19-12-13-20(24(3,22)23)17-10-6-15(2)7-11-17/h4-11H,12-13H2,1-3H3,(H,19,21). The van der Waals surface area contributed by atoms with Gasteiger partial charge in [-0.2, -0.15) is 0 Å². The second-order valence-electron chi connectivity index (χ2n) is 5.79. The average Bonchev–Trinajstić information content (AvgIpc) is 2.52. The lowest BCUT2D eigenvalue weighted by molar-refractivity contribution is 0.0955. The number of aryl methyl sites for hydroxylation is 2. The summed E-state index contributed by atoms with van der Waals surface area (Å²) in [5.74, 6) is -0.215. The van der Waals surface area contributed by atoms with Crippen molar-refractivity contribution >= 4 is 21.6 Å². The number of nitrogens with one attached hydrogen (secondary N) is 1. The molecule has 0 aliphatic heterocycles. The van der Waals surface area contributed by atoms with Crippen LogP contribution in [0.15, 0.2) is 48.5 Å². The number of benzene rings is 2. The maximum atomic E-state index is 12.1. The molecule has 0 saturated carbocycles. The minimum Gasteiger partial charge on any atom is -0.350 e. The SMILES string of the molecule is Cc1ccc(C(=O)NCCN(c2ccc(C)cc2)S(C)(=O)=O)cc1. The first-order valence-electron chi connectivity index (χ1n) is 7.66. The van der Waals surface area contributed by atoms with Gasteiger partial charge in [-0.05, 0) is 38.1 Å². The molecule has 0 aliphatic carbocycles. The Bertz CT molecular complexity index is 797. The molecule has 1 amide bonds. The van der Waals surface area contributed by atoms with Gasteiger partial charge in [-0.25, -0.2) is 8.42 Å². The van der Waals surface area contributed by atoms with Crippen LogP contribution in [0.1, 0.15) is 21.5 Å². The third-order valence-electron chi connectivity index (χ3n) is 3.64. The summed E-state index contributed by atoms with van der Waals surface area (Å²) in [7, 11) is -3.42. The summed E-state index contributed by atoms with van der Waals surface area (Å²) in [5, 5.41) is 2.76. The summed E-state index contributed by atoms with van der Waals surface area (Å²) in [6.45, 7) is 4.30. The fraction of sp³-hybridized carbons (Fsp3) is 0.278. The Morgan fingerprint density at radius 3 is 1.96 bits per heavy atom. The average molecular weight is 346 g/mol. The Morgan fingerprint density at radius 2 is 1.46 bits per heavy atom. The third-order valence-corrected chi connectivity index (χ3v) is 4.83. The van der Waals surface area contributed by atoms with Crippen molar-refractivity contribution in [1.29, 1.82) is 0 Å². The van der Waals surface area contributed by atoms with Crippen LogP contribution in [0.2, 0.25) is 0 Å². The molecule has 5 nitrogen and oxygen atoms in total. The maximum Gasteiger partial charge on any atom is 0.251 e. The number of hydrogen-bond acceptors (Lipinski definition) is 3. The molecule has 0 spiro atoms. The van der Waals surface area contributed by atoms with Crippen molar-refractivity contribution in [1.82, 2.24) is 5.32 Å². The fourth-order valence-corrected chi connectivity index (χ4v) is 3.20. The highest BCUT2D eigenvalue weighted by Gasteiger charge is 2.17. The summed E-state index contributed by atoms with van der Waals surface area (Å²) in [6.07, 6.45) is 1.16. The summed E-state index contributed by atoms with van der Waals surface area (Å²) >= 11 is 0. The molecular formula is C18H22N2O3S. The minimum atomic E-state index is -3.42. The largest absolute Gasteiger partial charge is 0.350 e. The van der Waals surface area contributed by atoms with E-state index in [0.717, 1.165) is 17.4 Å². The van der Waals surface area contributed by atoms with E-state index in [4.69, 9.17) is 0 Å². The molecule has 6 heteroatoms. The van der Waals surface area contributed by atoms with Gasteiger partial charge in [0.1, 0.15) is 0 Å². The van der Waals surface area contributed by atoms with Crippen LogP contribution < -0.4 is 9.62 Å². The molecule has 128 valence electrons. The van der Waals surface area contributed by atoms with Crippen molar-refractivity contribution in [3.63, 3.8) is 0 Å². The molecule has 0 saturated heterocycles.